The number of fused-ring (bicyclic) bond motifs is 2. The molecule has 86 valence electrons. The van der Waals surface area contributed by atoms with Gasteiger partial charge in [0.2, 0.25) is 0 Å². The molecule has 0 N–H and O–H groups in total. The van der Waals surface area contributed by atoms with Crippen molar-refractivity contribution in [1.29, 1.82) is 0 Å². The molecule has 1 aromatic rings. The zero-order chi connectivity index (χ0) is 11.1. The maximum absolute atomic E-state index is 14.2. The largest absolute Gasteiger partial charge is 0.206 e. The first-order chi connectivity index (χ1) is 7.79. The molecular formula is C14H16F2. The second-order valence-corrected chi connectivity index (χ2v) is 4.96. The molecule has 3 rings (SSSR count). The molecule has 0 saturated carbocycles. The molecule has 16 heavy (non-hydrogen) atoms. The Morgan fingerprint density at radius 1 is 0.500 bits per heavy atom. The summed E-state index contributed by atoms with van der Waals surface area (Å²) in [5, 5.41) is 0. The molecule has 1 aromatic carbocycles. The summed E-state index contributed by atoms with van der Waals surface area (Å²) >= 11 is 0. The van der Waals surface area contributed by atoms with Gasteiger partial charge in [0.1, 0.15) is 11.6 Å². The molecule has 0 heterocycles. The van der Waals surface area contributed by atoms with Gasteiger partial charge in [0.15, 0.2) is 0 Å². The Kier molecular flexibility index (Phi) is 2.45. The Bertz CT molecular complexity index is 357. The second-order valence-electron chi connectivity index (χ2n) is 4.96. The van der Waals surface area contributed by atoms with E-state index in [1.807, 2.05) is 0 Å². The van der Waals surface area contributed by atoms with Crippen LogP contribution in [0.4, 0.5) is 8.78 Å². The van der Waals surface area contributed by atoms with Crippen molar-refractivity contribution in [3.05, 3.63) is 33.9 Å². The fourth-order valence-corrected chi connectivity index (χ4v) is 3.14. The summed E-state index contributed by atoms with van der Waals surface area (Å²) in [7, 11) is 0. The number of benzene rings is 1. The highest BCUT2D eigenvalue weighted by atomic mass is 19.1. The number of halogens is 2. The van der Waals surface area contributed by atoms with E-state index < -0.39 is 0 Å². The topological polar surface area (TPSA) is 0 Å². The summed E-state index contributed by atoms with van der Waals surface area (Å²) in [6.45, 7) is 0. The van der Waals surface area contributed by atoms with E-state index in [0.29, 0.717) is 22.3 Å². The lowest BCUT2D eigenvalue weighted by Gasteiger charge is -2.25. The number of rotatable bonds is 0. The molecule has 0 radical (unpaired) electrons. The van der Waals surface area contributed by atoms with Crippen LogP contribution in [0.15, 0.2) is 0 Å². The normalized spacial score (nSPS) is 19.1. The highest BCUT2D eigenvalue weighted by molar-refractivity contribution is 5.43. The quantitative estimate of drug-likeness (QED) is 0.627. The lowest BCUT2D eigenvalue weighted by atomic mass is 9.82. The van der Waals surface area contributed by atoms with Crippen molar-refractivity contribution >= 4 is 0 Å². The van der Waals surface area contributed by atoms with Gasteiger partial charge >= 0.3 is 0 Å². The zero-order valence-electron chi connectivity index (χ0n) is 9.41. The molecule has 2 aliphatic carbocycles. The average Bonchev–Trinajstić information content (AvgIpc) is 2.36. The molecule has 0 unspecified atom stereocenters. The third-order valence-electron chi connectivity index (χ3n) is 4.00. The Morgan fingerprint density at radius 2 is 0.750 bits per heavy atom. The van der Waals surface area contributed by atoms with Gasteiger partial charge in [-0.05, 0) is 73.6 Å². The van der Waals surface area contributed by atoms with Gasteiger partial charge in [-0.3, -0.25) is 0 Å². The zero-order valence-corrected chi connectivity index (χ0v) is 9.41. The lowest BCUT2D eigenvalue weighted by molar-refractivity contribution is 0.499. The van der Waals surface area contributed by atoms with Crippen molar-refractivity contribution in [3.63, 3.8) is 0 Å². The molecule has 2 heteroatoms. The lowest BCUT2D eigenvalue weighted by Crippen LogP contribution is -2.17. The van der Waals surface area contributed by atoms with Crippen LogP contribution in [0.3, 0.4) is 0 Å². The number of hydrogen-bond acceptors (Lipinski definition) is 0. The minimum absolute atomic E-state index is 0.0780. The molecule has 0 aliphatic heterocycles. The third kappa shape index (κ3) is 1.39. The van der Waals surface area contributed by atoms with Crippen LogP contribution in [0.25, 0.3) is 0 Å². The smallest absolute Gasteiger partial charge is 0.130 e. The fraction of sp³-hybridized carbons (Fsp3) is 0.571. The molecule has 0 amide bonds. The highest BCUT2D eigenvalue weighted by Gasteiger charge is 2.26. The molecule has 0 fully saturated rings. The van der Waals surface area contributed by atoms with Crippen LogP contribution in [-0.2, 0) is 25.7 Å². The maximum Gasteiger partial charge on any atom is 0.130 e. The second kappa shape index (κ2) is 3.83. The molecule has 0 saturated heterocycles. The summed E-state index contributed by atoms with van der Waals surface area (Å²) in [6, 6.07) is 0. The van der Waals surface area contributed by atoms with Gasteiger partial charge in [-0.25, -0.2) is 8.78 Å². The van der Waals surface area contributed by atoms with Crippen LogP contribution >= 0.6 is 0 Å². The fourth-order valence-electron chi connectivity index (χ4n) is 3.14. The van der Waals surface area contributed by atoms with Gasteiger partial charge in [0.05, 0.1) is 0 Å². The predicted molar refractivity (Wildman–Crippen MR) is 59.6 cm³/mol. The monoisotopic (exact) mass is 222 g/mol. The van der Waals surface area contributed by atoms with Crippen LogP contribution in [0.5, 0.6) is 0 Å². The molecule has 0 aromatic heterocycles. The standard InChI is InChI=1S/C14H16F2/c15-13-9-5-1-2-6-10(9)14(16)12-8-4-3-7-11(12)13/h1-8H2. The van der Waals surface area contributed by atoms with E-state index in [4.69, 9.17) is 0 Å². The van der Waals surface area contributed by atoms with Gasteiger partial charge in [-0.2, -0.15) is 0 Å². The first-order valence-corrected chi connectivity index (χ1v) is 6.29. The maximum atomic E-state index is 14.2. The van der Waals surface area contributed by atoms with E-state index in [0.717, 1.165) is 51.4 Å². The number of hydrogen-bond donors (Lipinski definition) is 0. The summed E-state index contributed by atoms with van der Waals surface area (Å²) in [5.41, 5.74) is 2.74. The summed E-state index contributed by atoms with van der Waals surface area (Å²) < 4.78 is 28.5. The van der Waals surface area contributed by atoms with Gasteiger partial charge < -0.3 is 0 Å². The van der Waals surface area contributed by atoms with Gasteiger partial charge in [0.25, 0.3) is 0 Å². The van der Waals surface area contributed by atoms with Crippen LogP contribution in [0, 0.1) is 11.6 Å². The highest BCUT2D eigenvalue weighted by Crippen LogP contribution is 2.35. The van der Waals surface area contributed by atoms with Crippen molar-refractivity contribution < 1.29 is 8.78 Å². The Labute approximate surface area is 94.7 Å². The van der Waals surface area contributed by atoms with Gasteiger partial charge in [-0.1, -0.05) is 0 Å². The molecule has 2 aliphatic rings. The van der Waals surface area contributed by atoms with E-state index in [1.54, 1.807) is 0 Å². The molecule has 0 bridgehead atoms. The summed E-state index contributed by atoms with van der Waals surface area (Å²) in [4.78, 5) is 0. The molecular weight excluding hydrogens is 206 g/mol. The van der Waals surface area contributed by atoms with Crippen LogP contribution in [-0.4, -0.2) is 0 Å². The minimum Gasteiger partial charge on any atom is -0.206 e. The molecule has 0 atom stereocenters. The van der Waals surface area contributed by atoms with Crippen molar-refractivity contribution in [2.45, 2.75) is 51.4 Å². The van der Waals surface area contributed by atoms with E-state index in [9.17, 15) is 8.78 Å². The Morgan fingerprint density at radius 3 is 1.00 bits per heavy atom. The van der Waals surface area contributed by atoms with Crippen LogP contribution in [0.1, 0.15) is 47.9 Å². The molecule has 0 spiro atoms. The van der Waals surface area contributed by atoms with Crippen LogP contribution < -0.4 is 0 Å². The SMILES string of the molecule is Fc1c2c(c(F)c3c1CCCC3)CCCC2. The van der Waals surface area contributed by atoms with E-state index >= 15 is 0 Å². The van der Waals surface area contributed by atoms with Crippen molar-refractivity contribution in [2.75, 3.05) is 0 Å². The predicted octanol–water partition coefficient (Wildman–Crippen LogP) is 3.72. The third-order valence-corrected chi connectivity index (χ3v) is 4.00. The first kappa shape index (κ1) is 10.2. The first-order valence-electron chi connectivity index (χ1n) is 6.29. The molecule has 0 nitrogen and oxygen atoms in total. The van der Waals surface area contributed by atoms with Crippen molar-refractivity contribution in [1.82, 2.24) is 0 Å². The summed E-state index contributed by atoms with van der Waals surface area (Å²) in [5.74, 6) is -0.156. The van der Waals surface area contributed by atoms with Crippen molar-refractivity contribution in [2.24, 2.45) is 0 Å². The average molecular weight is 222 g/mol. The van der Waals surface area contributed by atoms with E-state index in [1.165, 1.54) is 0 Å². The summed E-state index contributed by atoms with van der Waals surface area (Å²) in [6.07, 6.45) is 6.92. The van der Waals surface area contributed by atoms with Crippen LogP contribution in [0.2, 0.25) is 0 Å². The van der Waals surface area contributed by atoms with Crippen molar-refractivity contribution in [3.8, 4) is 0 Å². The van der Waals surface area contributed by atoms with Gasteiger partial charge in [0, 0.05) is 0 Å². The van der Waals surface area contributed by atoms with E-state index in [2.05, 4.69) is 0 Å². The minimum atomic E-state index is -0.0780. The van der Waals surface area contributed by atoms with E-state index in [-0.39, 0.29) is 11.6 Å². The van der Waals surface area contributed by atoms with Gasteiger partial charge in [-0.15, -0.1) is 0 Å². The Balaban J connectivity index is 2.24. The Hall–Kier alpha value is -0.920.